The average molecular weight is 281 g/mol. The Balaban J connectivity index is 2.67. The van der Waals surface area contributed by atoms with Crippen LogP contribution >= 0.6 is 11.8 Å². The third kappa shape index (κ3) is 5.34. The van der Waals surface area contributed by atoms with E-state index in [2.05, 4.69) is 26.1 Å². The Morgan fingerprint density at radius 2 is 1.84 bits per heavy atom. The molecule has 0 atom stereocenters. The van der Waals surface area contributed by atoms with Gasteiger partial charge in [0.15, 0.2) is 0 Å². The number of carbonyl (C=O) groups is 2. The average Bonchev–Trinajstić information content (AvgIpc) is 2.27. The number of amides is 1. The Labute approximate surface area is 117 Å². The molecule has 0 radical (unpaired) electrons. The van der Waals surface area contributed by atoms with Gasteiger partial charge in [0.05, 0.1) is 11.5 Å². The minimum atomic E-state index is -0.909. The molecule has 0 aliphatic carbocycles. The van der Waals surface area contributed by atoms with Crippen LogP contribution in [0.25, 0.3) is 0 Å². The van der Waals surface area contributed by atoms with Gasteiger partial charge in [0.2, 0.25) is 5.91 Å². The van der Waals surface area contributed by atoms with Gasteiger partial charge < -0.3 is 10.4 Å². The summed E-state index contributed by atoms with van der Waals surface area (Å²) in [5, 5.41) is 11.4. The number of anilines is 1. The summed E-state index contributed by atoms with van der Waals surface area (Å²) in [7, 11) is 0. The molecule has 2 N–H and O–H groups in total. The zero-order valence-corrected chi connectivity index (χ0v) is 12.2. The second-order valence-electron chi connectivity index (χ2n) is 5.23. The number of hydrogen-bond acceptors (Lipinski definition) is 3. The molecule has 0 aliphatic heterocycles. The summed E-state index contributed by atoms with van der Waals surface area (Å²) < 4.78 is 0. The standard InChI is InChI=1S/C14H19NO3S/c1-14(2,3)10-6-4-5-7-11(10)15-12(16)8-19-9-13(17)18/h4-7H,8-9H2,1-3H3,(H,15,16)(H,17,18). The molecule has 19 heavy (non-hydrogen) atoms. The molecule has 0 aliphatic rings. The van der Waals surface area contributed by atoms with Gasteiger partial charge in [-0.3, -0.25) is 9.59 Å². The zero-order valence-electron chi connectivity index (χ0n) is 11.4. The smallest absolute Gasteiger partial charge is 0.313 e. The molecule has 0 saturated heterocycles. The lowest BCUT2D eigenvalue weighted by atomic mass is 9.86. The summed E-state index contributed by atoms with van der Waals surface area (Å²) >= 11 is 1.09. The van der Waals surface area contributed by atoms with Gasteiger partial charge in [-0.1, -0.05) is 39.0 Å². The van der Waals surface area contributed by atoms with Gasteiger partial charge in [0.1, 0.15) is 0 Å². The summed E-state index contributed by atoms with van der Waals surface area (Å²) in [5.41, 5.74) is 1.79. The Hall–Kier alpha value is -1.49. The van der Waals surface area contributed by atoms with Crippen molar-refractivity contribution in [1.82, 2.24) is 0 Å². The van der Waals surface area contributed by atoms with Gasteiger partial charge in [0, 0.05) is 5.69 Å². The highest BCUT2D eigenvalue weighted by molar-refractivity contribution is 8.00. The minimum absolute atomic E-state index is 0.0575. The Bertz CT molecular complexity index is 466. The molecule has 0 unspecified atom stereocenters. The molecule has 1 aromatic carbocycles. The number of para-hydroxylation sites is 1. The number of hydrogen-bond donors (Lipinski definition) is 2. The van der Waals surface area contributed by atoms with Crippen molar-refractivity contribution in [3.05, 3.63) is 29.8 Å². The second-order valence-corrected chi connectivity index (χ2v) is 6.22. The largest absolute Gasteiger partial charge is 0.481 e. The number of aliphatic carboxylic acids is 1. The van der Waals surface area contributed by atoms with E-state index in [1.165, 1.54) is 0 Å². The van der Waals surface area contributed by atoms with E-state index < -0.39 is 5.97 Å². The van der Waals surface area contributed by atoms with Crippen molar-refractivity contribution >= 4 is 29.3 Å². The van der Waals surface area contributed by atoms with Crippen molar-refractivity contribution in [2.24, 2.45) is 0 Å². The predicted octanol–water partition coefficient (Wildman–Crippen LogP) is 2.74. The van der Waals surface area contributed by atoms with Crippen LogP contribution in [0.3, 0.4) is 0 Å². The number of carbonyl (C=O) groups excluding carboxylic acids is 1. The maximum atomic E-state index is 11.7. The molecule has 1 rings (SSSR count). The molecular formula is C14H19NO3S. The summed E-state index contributed by atoms with van der Waals surface area (Å²) in [5.74, 6) is -1.00. The molecule has 104 valence electrons. The molecule has 0 saturated carbocycles. The van der Waals surface area contributed by atoms with Gasteiger partial charge in [-0.2, -0.15) is 0 Å². The Morgan fingerprint density at radius 3 is 2.42 bits per heavy atom. The highest BCUT2D eigenvalue weighted by Crippen LogP contribution is 2.29. The highest BCUT2D eigenvalue weighted by Gasteiger charge is 2.18. The summed E-state index contributed by atoms with van der Waals surface area (Å²) in [6.07, 6.45) is 0. The predicted molar refractivity (Wildman–Crippen MR) is 78.7 cm³/mol. The Morgan fingerprint density at radius 1 is 1.21 bits per heavy atom. The number of benzene rings is 1. The van der Waals surface area contributed by atoms with E-state index in [9.17, 15) is 9.59 Å². The maximum Gasteiger partial charge on any atom is 0.313 e. The highest BCUT2D eigenvalue weighted by atomic mass is 32.2. The molecule has 0 heterocycles. The maximum absolute atomic E-state index is 11.7. The van der Waals surface area contributed by atoms with Crippen molar-refractivity contribution in [3.63, 3.8) is 0 Å². The van der Waals surface area contributed by atoms with Crippen LogP contribution in [-0.4, -0.2) is 28.5 Å². The van der Waals surface area contributed by atoms with Crippen LogP contribution in [-0.2, 0) is 15.0 Å². The van der Waals surface area contributed by atoms with Gasteiger partial charge in [-0.25, -0.2) is 0 Å². The summed E-state index contributed by atoms with van der Waals surface area (Å²) in [4.78, 5) is 22.1. The normalized spacial score (nSPS) is 11.1. The first-order valence-electron chi connectivity index (χ1n) is 5.99. The molecule has 0 fully saturated rings. The number of rotatable bonds is 5. The molecule has 5 heteroatoms. The monoisotopic (exact) mass is 281 g/mol. The molecule has 0 spiro atoms. The van der Waals surface area contributed by atoms with E-state index >= 15 is 0 Å². The van der Waals surface area contributed by atoms with Crippen molar-refractivity contribution in [2.45, 2.75) is 26.2 Å². The van der Waals surface area contributed by atoms with E-state index in [-0.39, 0.29) is 22.8 Å². The van der Waals surface area contributed by atoms with Crippen molar-refractivity contribution < 1.29 is 14.7 Å². The van der Waals surface area contributed by atoms with Crippen LogP contribution in [0.15, 0.2) is 24.3 Å². The summed E-state index contributed by atoms with van der Waals surface area (Å²) in [6.45, 7) is 6.24. The fraction of sp³-hybridized carbons (Fsp3) is 0.429. The van der Waals surface area contributed by atoms with Crippen LogP contribution in [0.4, 0.5) is 5.69 Å². The lowest BCUT2D eigenvalue weighted by Crippen LogP contribution is -2.20. The third-order valence-electron chi connectivity index (χ3n) is 2.47. The fourth-order valence-corrected chi connectivity index (χ4v) is 2.20. The van der Waals surface area contributed by atoms with Crippen molar-refractivity contribution in [1.29, 1.82) is 0 Å². The lowest BCUT2D eigenvalue weighted by molar-refractivity contribution is -0.133. The third-order valence-corrected chi connectivity index (χ3v) is 3.39. The first-order valence-corrected chi connectivity index (χ1v) is 7.15. The zero-order chi connectivity index (χ0) is 14.5. The molecule has 0 aromatic heterocycles. The van der Waals surface area contributed by atoms with Crippen LogP contribution in [0, 0.1) is 0 Å². The summed E-state index contributed by atoms with van der Waals surface area (Å²) in [6, 6.07) is 7.66. The van der Waals surface area contributed by atoms with Crippen LogP contribution in [0.1, 0.15) is 26.3 Å². The van der Waals surface area contributed by atoms with Gasteiger partial charge in [-0.05, 0) is 17.0 Å². The fourth-order valence-electron chi connectivity index (χ4n) is 1.66. The minimum Gasteiger partial charge on any atom is -0.481 e. The van der Waals surface area contributed by atoms with Crippen LogP contribution in [0.2, 0.25) is 0 Å². The van der Waals surface area contributed by atoms with Gasteiger partial charge >= 0.3 is 5.97 Å². The second kappa shape index (κ2) is 6.61. The molecule has 1 aromatic rings. The van der Waals surface area contributed by atoms with Crippen molar-refractivity contribution in [3.8, 4) is 0 Å². The van der Waals surface area contributed by atoms with Gasteiger partial charge in [0.25, 0.3) is 0 Å². The molecule has 4 nitrogen and oxygen atoms in total. The van der Waals surface area contributed by atoms with E-state index in [4.69, 9.17) is 5.11 Å². The molecule has 1 amide bonds. The first-order chi connectivity index (χ1) is 8.80. The quantitative estimate of drug-likeness (QED) is 0.871. The van der Waals surface area contributed by atoms with E-state index in [1.807, 2.05) is 24.3 Å². The number of thioether (sulfide) groups is 1. The van der Waals surface area contributed by atoms with Crippen molar-refractivity contribution in [2.75, 3.05) is 16.8 Å². The van der Waals surface area contributed by atoms with Crippen LogP contribution in [0.5, 0.6) is 0 Å². The lowest BCUT2D eigenvalue weighted by Gasteiger charge is -2.22. The SMILES string of the molecule is CC(C)(C)c1ccccc1NC(=O)CSCC(=O)O. The number of nitrogens with one attached hydrogen (secondary N) is 1. The number of carboxylic acids is 1. The van der Waals surface area contributed by atoms with E-state index in [1.54, 1.807) is 0 Å². The van der Waals surface area contributed by atoms with E-state index in [0.29, 0.717) is 0 Å². The van der Waals surface area contributed by atoms with E-state index in [0.717, 1.165) is 23.0 Å². The molecular weight excluding hydrogens is 262 g/mol. The Kier molecular flexibility index (Phi) is 5.42. The van der Waals surface area contributed by atoms with Crippen LogP contribution < -0.4 is 5.32 Å². The first kappa shape index (κ1) is 15.6. The number of carboxylic acid groups (broad SMARTS) is 1. The molecule has 0 bridgehead atoms. The van der Waals surface area contributed by atoms with Gasteiger partial charge in [-0.15, -0.1) is 11.8 Å². The topological polar surface area (TPSA) is 66.4 Å².